The SMILES string of the molecule is COc1cc2c(OC)c(-c3c(C)cc4c(Cc5ccccc5)c(OC)c(OC)cc4c3OC)c(C)cc2c(Cc2ccccc2)c1OC. The molecule has 0 spiro atoms. The van der Waals surface area contributed by atoms with E-state index in [-0.39, 0.29) is 0 Å². The van der Waals surface area contributed by atoms with Crippen LogP contribution in [0, 0.1) is 13.8 Å². The van der Waals surface area contributed by atoms with Gasteiger partial charge in [0.15, 0.2) is 23.0 Å². The summed E-state index contributed by atoms with van der Waals surface area (Å²) in [5, 5.41) is 3.95. The molecule has 6 aromatic rings. The van der Waals surface area contributed by atoms with Crippen molar-refractivity contribution in [3.05, 3.63) is 118 Å². The highest BCUT2D eigenvalue weighted by Gasteiger charge is 2.27. The van der Waals surface area contributed by atoms with E-state index in [0.717, 1.165) is 77.9 Å². The van der Waals surface area contributed by atoms with Gasteiger partial charge in [-0.25, -0.2) is 0 Å². The van der Waals surface area contributed by atoms with Crippen molar-refractivity contribution < 1.29 is 28.4 Å². The van der Waals surface area contributed by atoms with Crippen LogP contribution in [0.25, 0.3) is 32.7 Å². The summed E-state index contributed by atoms with van der Waals surface area (Å²) >= 11 is 0. The van der Waals surface area contributed by atoms with Gasteiger partial charge in [-0.15, -0.1) is 0 Å². The van der Waals surface area contributed by atoms with Crippen molar-refractivity contribution in [3.63, 3.8) is 0 Å². The van der Waals surface area contributed by atoms with Crippen molar-refractivity contribution in [3.8, 4) is 45.6 Å². The number of benzene rings is 6. The molecular formula is C42H42O6. The zero-order valence-electron chi connectivity index (χ0n) is 28.9. The molecular weight excluding hydrogens is 600 g/mol. The third-order valence-corrected chi connectivity index (χ3v) is 9.18. The highest BCUT2D eigenvalue weighted by molar-refractivity contribution is 6.06. The van der Waals surface area contributed by atoms with Gasteiger partial charge in [0, 0.05) is 45.9 Å². The maximum absolute atomic E-state index is 6.33. The molecule has 0 aliphatic rings. The Morgan fingerprint density at radius 2 is 0.750 bits per heavy atom. The number of hydrogen-bond donors (Lipinski definition) is 0. The zero-order valence-corrected chi connectivity index (χ0v) is 28.9. The predicted molar refractivity (Wildman–Crippen MR) is 194 cm³/mol. The summed E-state index contributed by atoms with van der Waals surface area (Å²) in [6.07, 6.45) is 1.34. The summed E-state index contributed by atoms with van der Waals surface area (Å²) in [7, 11) is 10.2. The number of rotatable bonds is 11. The van der Waals surface area contributed by atoms with Crippen molar-refractivity contribution >= 4 is 21.5 Å². The second kappa shape index (κ2) is 13.8. The molecule has 0 radical (unpaired) electrons. The first-order chi connectivity index (χ1) is 23.4. The minimum absolute atomic E-state index is 0.647. The van der Waals surface area contributed by atoms with E-state index in [4.69, 9.17) is 28.4 Å². The molecule has 0 aliphatic heterocycles. The lowest BCUT2D eigenvalue weighted by Gasteiger charge is -2.24. The van der Waals surface area contributed by atoms with Crippen molar-refractivity contribution in [2.75, 3.05) is 42.7 Å². The molecule has 0 saturated heterocycles. The van der Waals surface area contributed by atoms with Gasteiger partial charge in [0.1, 0.15) is 11.5 Å². The van der Waals surface area contributed by atoms with Crippen LogP contribution < -0.4 is 28.4 Å². The second-order valence-electron chi connectivity index (χ2n) is 11.9. The summed E-state index contributed by atoms with van der Waals surface area (Å²) in [6, 6.07) is 29.3. The summed E-state index contributed by atoms with van der Waals surface area (Å²) < 4.78 is 36.4. The molecule has 6 nitrogen and oxygen atoms in total. The fourth-order valence-electron chi connectivity index (χ4n) is 7.07. The Labute approximate surface area is 282 Å². The molecule has 0 unspecified atom stereocenters. The quantitative estimate of drug-likeness (QED) is 0.140. The van der Waals surface area contributed by atoms with E-state index < -0.39 is 0 Å². The van der Waals surface area contributed by atoms with Gasteiger partial charge in [-0.1, -0.05) is 72.8 Å². The maximum atomic E-state index is 6.33. The van der Waals surface area contributed by atoms with Gasteiger partial charge in [0.2, 0.25) is 0 Å². The topological polar surface area (TPSA) is 55.4 Å². The van der Waals surface area contributed by atoms with Crippen LogP contribution in [-0.2, 0) is 12.8 Å². The van der Waals surface area contributed by atoms with E-state index in [1.54, 1.807) is 42.7 Å². The largest absolute Gasteiger partial charge is 0.495 e. The second-order valence-corrected chi connectivity index (χ2v) is 11.9. The zero-order chi connectivity index (χ0) is 33.9. The Kier molecular flexibility index (Phi) is 9.35. The van der Waals surface area contributed by atoms with Crippen molar-refractivity contribution in [2.24, 2.45) is 0 Å². The van der Waals surface area contributed by atoms with Crippen LogP contribution >= 0.6 is 0 Å². The Morgan fingerprint density at radius 1 is 0.396 bits per heavy atom. The van der Waals surface area contributed by atoms with Gasteiger partial charge in [-0.2, -0.15) is 0 Å². The van der Waals surface area contributed by atoms with Gasteiger partial charge >= 0.3 is 0 Å². The normalized spacial score (nSPS) is 11.1. The fourth-order valence-corrected chi connectivity index (χ4v) is 7.07. The Bertz CT molecular complexity index is 1950. The standard InChI is InChI=1S/C42H42O6/c1-25-19-29-31(21-27-15-11-9-12-16-27)39(45-5)35(43-3)23-33(29)41(47-7)37(25)38-26(2)20-30-32(22-28-17-13-10-14-18-28)40(46-6)36(44-4)24-34(30)42(38)48-8/h9-20,23-24H,21-22H2,1-8H3. The molecule has 0 fully saturated rings. The number of methoxy groups -OCH3 is 6. The van der Waals surface area contributed by atoms with Gasteiger partial charge in [0.05, 0.1) is 42.7 Å². The first-order valence-electron chi connectivity index (χ1n) is 16.0. The molecule has 0 bridgehead atoms. The van der Waals surface area contributed by atoms with Crippen molar-refractivity contribution in [2.45, 2.75) is 26.7 Å². The fraction of sp³-hybridized carbons (Fsp3) is 0.238. The van der Waals surface area contributed by atoms with Crippen LogP contribution in [0.2, 0.25) is 0 Å². The molecule has 48 heavy (non-hydrogen) atoms. The lowest BCUT2D eigenvalue weighted by Crippen LogP contribution is -2.04. The van der Waals surface area contributed by atoms with E-state index in [0.29, 0.717) is 24.3 Å². The smallest absolute Gasteiger partial charge is 0.164 e. The highest BCUT2D eigenvalue weighted by Crippen LogP contribution is 2.52. The lowest BCUT2D eigenvalue weighted by molar-refractivity contribution is 0.353. The van der Waals surface area contributed by atoms with Crippen molar-refractivity contribution in [1.82, 2.24) is 0 Å². The molecule has 0 aromatic heterocycles. The molecule has 0 saturated carbocycles. The van der Waals surface area contributed by atoms with E-state index in [9.17, 15) is 0 Å². The first kappa shape index (κ1) is 32.6. The average molecular weight is 643 g/mol. The van der Waals surface area contributed by atoms with E-state index in [1.807, 2.05) is 24.3 Å². The minimum Gasteiger partial charge on any atom is -0.495 e. The monoisotopic (exact) mass is 642 g/mol. The van der Waals surface area contributed by atoms with E-state index >= 15 is 0 Å². The molecule has 0 heterocycles. The predicted octanol–water partition coefficient (Wildman–Crippen LogP) is 9.51. The van der Waals surface area contributed by atoms with Gasteiger partial charge in [0.25, 0.3) is 0 Å². The molecule has 0 aliphatic carbocycles. The third kappa shape index (κ3) is 5.62. The third-order valence-electron chi connectivity index (χ3n) is 9.18. The number of fused-ring (bicyclic) bond motifs is 2. The van der Waals surface area contributed by atoms with Crippen molar-refractivity contribution in [1.29, 1.82) is 0 Å². The molecule has 0 amide bonds. The molecule has 6 rings (SSSR count). The van der Waals surface area contributed by atoms with E-state index in [1.165, 1.54) is 11.1 Å². The van der Waals surface area contributed by atoms with E-state index in [2.05, 4.69) is 74.5 Å². The number of hydrogen-bond acceptors (Lipinski definition) is 6. The van der Waals surface area contributed by atoms with Crippen LogP contribution in [0.15, 0.2) is 84.9 Å². The number of aryl methyl sites for hydroxylation is 2. The van der Waals surface area contributed by atoms with Gasteiger partial charge in [-0.3, -0.25) is 0 Å². The van der Waals surface area contributed by atoms with Crippen LogP contribution in [0.5, 0.6) is 34.5 Å². The van der Waals surface area contributed by atoms with Crippen LogP contribution in [0.4, 0.5) is 0 Å². The van der Waals surface area contributed by atoms with Gasteiger partial charge in [-0.05, 0) is 59.0 Å². The van der Waals surface area contributed by atoms with Crippen LogP contribution in [-0.4, -0.2) is 42.7 Å². The highest BCUT2D eigenvalue weighted by atomic mass is 16.5. The van der Waals surface area contributed by atoms with Crippen LogP contribution in [0.3, 0.4) is 0 Å². The summed E-state index contributed by atoms with van der Waals surface area (Å²) in [5.41, 5.74) is 8.43. The average Bonchev–Trinajstić information content (AvgIpc) is 3.11. The van der Waals surface area contributed by atoms with Crippen LogP contribution in [0.1, 0.15) is 33.4 Å². The summed E-state index contributed by atoms with van der Waals surface area (Å²) in [4.78, 5) is 0. The molecule has 0 N–H and O–H groups in total. The summed E-state index contributed by atoms with van der Waals surface area (Å²) in [6.45, 7) is 4.25. The minimum atomic E-state index is 0.647. The molecule has 246 valence electrons. The first-order valence-corrected chi connectivity index (χ1v) is 16.0. The lowest BCUT2D eigenvalue weighted by atomic mass is 9.86. The summed E-state index contributed by atoms with van der Waals surface area (Å²) in [5.74, 6) is 4.21. The number of ether oxygens (including phenoxy) is 6. The van der Waals surface area contributed by atoms with Gasteiger partial charge < -0.3 is 28.4 Å². The maximum Gasteiger partial charge on any atom is 0.164 e. The molecule has 0 atom stereocenters. The Balaban J connectivity index is 1.67. The Hall–Kier alpha value is -5.36. The molecule has 6 aromatic carbocycles. The Morgan fingerprint density at radius 3 is 1.06 bits per heavy atom. The molecule has 6 heteroatoms.